The highest BCUT2D eigenvalue weighted by Gasteiger charge is 2.52. The largest absolute Gasteiger partial charge is 0.454 e. The fourth-order valence-corrected chi connectivity index (χ4v) is 3.82. The molecule has 0 aromatic heterocycles. The molecule has 3 rings (SSSR count). The fourth-order valence-electron chi connectivity index (χ4n) is 3.82. The van der Waals surface area contributed by atoms with Crippen LogP contribution < -0.4 is 10.2 Å². The first-order valence-electron chi connectivity index (χ1n) is 9.90. The molecular formula is C21H24N4O5. The summed E-state index contributed by atoms with van der Waals surface area (Å²) in [6.07, 6.45) is 2.93. The molecular weight excluding hydrogens is 388 g/mol. The number of nitrogens with zero attached hydrogens (tertiary/aromatic N) is 3. The number of hydrogen-bond donors (Lipinski definition) is 1. The Kier molecular flexibility index (Phi) is 6.35. The summed E-state index contributed by atoms with van der Waals surface area (Å²) in [4.78, 5) is 51.7. The molecule has 1 saturated heterocycles. The third-order valence-corrected chi connectivity index (χ3v) is 5.44. The SMILES string of the molecule is Cc1ccc(N(CCC#N)C(=O)COC(=O)CN2C(=O)NC3(CCCC3)C2=O)cc1. The van der Waals surface area contributed by atoms with E-state index in [1.165, 1.54) is 4.90 Å². The van der Waals surface area contributed by atoms with E-state index in [1.54, 1.807) is 12.1 Å². The van der Waals surface area contributed by atoms with Crippen molar-refractivity contribution >= 4 is 29.5 Å². The van der Waals surface area contributed by atoms with Gasteiger partial charge in [-0.25, -0.2) is 4.79 Å². The van der Waals surface area contributed by atoms with Gasteiger partial charge < -0.3 is 15.0 Å². The lowest BCUT2D eigenvalue weighted by molar-refractivity contribution is -0.150. The number of benzene rings is 1. The Balaban J connectivity index is 1.58. The molecule has 1 saturated carbocycles. The summed E-state index contributed by atoms with van der Waals surface area (Å²) >= 11 is 0. The van der Waals surface area contributed by atoms with Gasteiger partial charge in [0.15, 0.2) is 6.61 Å². The lowest BCUT2D eigenvalue weighted by Gasteiger charge is -2.22. The zero-order valence-electron chi connectivity index (χ0n) is 16.8. The number of nitriles is 1. The Morgan fingerprint density at radius 3 is 2.53 bits per heavy atom. The lowest BCUT2D eigenvalue weighted by Crippen LogP contribution is -2.44. The van der Waals surface area contributed by atoms with Crippen LogP contribution in [0.4, 0.5) is 10.5 Å². The Hall–Kier alpha value is -3.41. The van der Waals surface area contributed by atoms with Crippen molar-refractivity contribution in [3.05, 3.63) is 29.8 Å². The van der Waals surface area contributed by atoms with Crippen LogP contribution in [0.15, 0.2) is 24.3 Å². The third kappa shape index (κ3) is 4.43. The molecule has 2 fully saturated rings. The highest BCUT2D eigenvalue weighted by atomic mass is 16.5. The van der Waals surface area contributed by atoms with Crippen molar-refractivity contribution in [2.75, 3.05) is 24.6 Å². The fraction of sp³-hybridized carbons (Fsp3) is 0.476. The van der Waals surface area contributed by atoms with Crippen LogP contribution in [0.5, 0.6) is 0 Å². The third-order valence-electron chi connectivity index (χ3n) is 5.44. The number of imide groups is 1. The van der Waals surface area contributed by atoms with E-state index in [9.17, 15) is 19.2 Å². The molecule has 1 aromatic carbocycles. The Bertz CT molecular complexity index is 884. The number of esters is 1. The van der Waals surface area contributed by atoms with Crippen molar-refractivity contribution in [2.45, 2.75) is 44.6 Å². The minimum Gasteiger partial charge on any atom is -0.454 e. The van der Waals surface area contributed by atoms with Crippen LogP contribution in [0.3, 0.4) is 0 Å². The van der Waals surface area contributed by atoms with Crippen molar-refractivity contribution in [2.24, 2.45) is 0 Å². The van der Waals surface area contributed by atoms with Crippen molar-refractivity contribution in [1.82, 2.24) is 10.2 Å². The zero-order valence-corrected chi connectivity index (χ0v) is 16.8. The van der Waals surface area contributed by atoms with E-state index in [2.05, 4.69) is 5.32 Å². The summed E-state index contributed by atoms with van der Waals surface area (Å²) < 4.78 is 5.03. The first kappa shape index (κ1) is 21.3. The quantitative estimate of drug-likeness (QED) is 0.537. The first-order chi connectivity index (χ1) is 14.4. The number of aryl methyl sites for hydroxylation is 1. The van der Waals surface area contributed by atoms with E-state index >= 15 is 0 Å². The number of anilines is 1. The van der Waals surface area contributed by atoms with E-state index in [4.69, 9.17) is 10.00 Å². The molecule has 30 heavy (non-hydrogen) atoms. The van der Waals surface area contributed by atoms with Crippen LogP contribution in [0.2, 0.25) is 0 Å². The minimum atomic E-state index is -0.896. The van der Waals surface area contributed by atoms with Crippen molar-refractivity contribution in [3.63, 3.8) is 0 Å². The molecule has 0 unspecified atom stereocenters. The molecule has 4 amide bonds. The molecule has 158 valence electrons. The molecule has 0 radical (unpaired) electrons. The number of urea groups is 1. The van der Waals surface area contributed by atoms with Gasteiger partial charge >= 0.3 is 12.0 Å². The molecule has 1 aromatic rings. The number of rotatable bonds is 7. The molecule has 0 bridgehead atoms. The van der Waals surface area contributed by atoms with E-state index < -0.39 is 42.5 Å². The summed E-state index contributed by atoms with van der Waals surface area (Å²) in [6, 6.07) is 8.56. The van der Waals surface area contributed by atoms with Crippen LogP contribution in [-0.2, 0) is 19.1 Å². The number of carbonyl (C=O) groups excluding carboxylic acids is 4. The van der Waals surface area contributed by atoms with E-state index in [-0.39, 0.29) is 13.0 Å². The Morgan fingerprint density at radius 2 is 1.90 bits per heavy atom. The van der Waals surface area contributed by atoms with Gasteiger partial charge in [-0.15, -0.1) is 0 Å². The number of ether oxygens (including phenoxy) is 1. The number of carbonyl (C=O) groups is 4. The van der Waals surface area contributed by atoms with Gasteiger partial charge in [-0.05, 0) is 31.9 Å². The highest BCUT2D eigenvalue weighted by molar-refractivity contribution is 6.09. The average Bonchev–Trinajstić information content (AvgIpc) is 3.28. The van der Waals surface area contributed by atoms with E-state index in [0.717, 1.165) is 23.3 Å². The molecule has 1 heterocycles. The predicted octanol–water partition coefficient (Wildman–Crippen LogP) is 1.65. The molecule has 1 N–H and O–H groups in total. The minimum absolute atomic E-state index is 0.123. The van der Waals surface area contributed by atoms with Crippen molar-refractivity contribution in [3.8, 4) is 6.07 Å². The van der Waals surface area contributed by atoms with Crippen molar-refractivity contribution < 1.29 is 23.9 Å². The maximum absolute atomic E-state index is 12.6. The summed E-state index contributed by atoms with van der Waals surface area (Å²) in [6.45, 7) is 0.985. The van der Waals surface area contributed by atoms with Gasteiger partial charge in [-0.2, -0.15) is 5.26 Å². The van der Waals surface area contributed by atoms with E-state index in [0.29, 0.717) is 18.5 Å². The van der Waals surface area contributed by atoms with Crippen molar-refractivity contribution in [1.29, 1.82) is 5.26 Å². The molecule has 1 aliphatic carbocycles. The number of amides is 4. The van der Waals surface area contributed by atoms with Gasteiger partial charge in [0, 0.05) is 12.2 Å². The molecule has 2 aliphatic rings. The molecule has 9 heteroatoms. The van der Waals surface area contributed by atoms with Gasteiger partial charge in [0.2, 0.25) is 0 Å². The predicted molar refractivity (Wildman–Crippen MR) is 106 cm³/mol. The number of nitrogens with one attached hydrogen (secondary N) is 1. The monoisotopic (exact) mass is 412 g/mol. The normalized spacial score (nSPS) is 17.0. The summed E-state index contributed by atoms with van der Waals surface area (Å²) in [5.41, 5.74) is 0.716. The average molecular weight is 412 g/mol. The maximum atomic E-state index is 12.6. The summed E-state index contributed by atoms with van der Waals surface area (Å²) in [5, 5.41) is 11.5. The molecule has 0 atom stereocenters. The second kappa shape index (κ2) is 8.95. The van der Waals surface area contributed by atoms with Gasteiger partial charge in [-0.1, -0.05) is 30.5 Å². The summed E-state index contributed by atoms with van der Waals surface area (Å²) in [7, 11) is 0. The van der Waals surface area contributed by atoms with E-state index in [1.807, 2.05) is 25.1 Å². The van der Waals surface area contributed by atoms with Crippen LogP contribution in [0.1, 0.15) is 37.7 Å². The van der Waals surface area contributed by atoms with Crippen LogP contribution in [0.25, 0.3) is 0 Å². The lowest BCUT2D eigenvalue weighted by atomic mass is 9.98. The van der Waals surface area contributed by atoms with Gasteiger partial charge in [0.05, 0.1) is 12.5 Å². The second-order valence-corrected chi connectivity index (χ2v) is 7.56. The van der Waals surface area contributed by atoms with Crippen LogP contribution in [-0.4, -0.2) is 54.0 Å². The first-order valence-corrected chi connectivity index (χ1v) is 9.90. The smallest absolute Gasteiger partial charge is 0.326 e. The molecule has 1 aliphatic heterocycles. The van der Waals surface area contributed by atoms with Gasteiger partial charge in [-0.3, -0.25) is 19.3 Å². The molecule has 1 spiro atoms. The maximum Gasteiger partial charge on any atom is 0.326 e. The molecule has 9 nitrogen and oxygen atoms in total. The highest BCUT2D eigenvalue weighted by Crippen LogP contribution is 2.34. The summed E-state index contributed by atoms with van der Waals surface area (Å²) in [5.74, 6) is -1.75. The van der Waals surface area contributed by atoms with Gasteiger partial charge in [0.25, 0.3) is 11.8 Å². The topological polar surface area (TPSA) is 120 Å². The number of hydrogen-bond acceptors (Lipinski definition) is 6. The van der Waals surface area contributed by atoms with Gasteiger partial charge in [0.1, 0.15) is 12.1 Å². The van der Waals surface area contributed by atoms with Crippen LogP contribution in [0, 0.1) is 18.3 Å². The van der Waals surface area contributed by atoms with Crippen LogP contribution >= 0.6 is 0 Å². The Labute approximate surface area is 174 Å². The zero-order chi connectivity index (χ0) is 21.7. The second-order valence-electron chi connectivity index (χ2n) is 7.56. The Morgan fingerprint density at radius 1 is 1.23 bits per heavy atom. The standard InChI is InChI=1S/C21H24N4O5/c1-15-5-7-16(8-6-15)24(12-4-11-22)17(26)14-30-18(27)13-25-19(28)21(23-20(25)29)9-2-3-10-21/h5-8H,2-4,9-10,12-14H2,1H3,(H,23,29).